The summed E-state index contributed by atoms with van der Waals surface area (Å²) in [5, 5.41) is 1.24. The number of halogens is 1. The van der Waals surface area contributed by atoms with Gasteiger partial charge in [0, 0.05) is 24.1 Å². The van der Waals surface area contributed by atoms with Gasteiger partial charge >= 0.3 is 0 Å². The molecule has 92 valence electrons. The van der Waals surface area contributed by atoms with Crippen molar-refractivity contribution in [2.45, 2.75) is 19.4 Å². The van der Waals surface area contributed by atoms with Crippen LogP contribution in [0.5, 0.6) is 0 Å². The minimum Gasteiger partial charge on any atom is -0.321 e. The number of Topliss-reactive ketones (excluding diaryl/α,β-unsaturated/α-hetero) is 1. The lowest BCUT2D eigenvalue weighted by Crippen LogP contribution is -2.35. The van der Waals surface area contributed by atoms with Crippen LogP contribution in [-0.4, -0.2) is 22.3 Å². The number of aromatic nitrogens is 1. The van der Waals surface area contributed by atoms with Crippen LogP contribution >= 0.6 is 11.6 Å². The molecule has 2 aromatic rings. The maximum absolute atomic E-state index is 12.0. The number of ketones is 1. The van der Waals surface area contributed by atoms with Gasteiger partial charge in [0.2, 0.25) is 5.91 Å². The molecule has 1 aromatic carbocycles. The Morgan fingerprint density at radius 1 is 1.50 bits per heavy atom. The molecule has 0 bridgehead atoms. The predicted octanol–water partition coefficient (Wildman–Crippen LogP) is 2.02. The maximum Gasteiger partial charge on any atom is 0.228 e. The molecule has 1 aromatic heterocycles. The molecule has 1 aliphatic carbocycles. The Labute approximate surface area is 108 Å². The minimum atomic E-state index is -0.537. The van der Waals surface area contributed by atoms with Gasteiger partial charge in [0.1, 0.15) is 0 Å². The lowest BCUT2D eigenvalue weighted by Gasteiger charge is -2.17. The molecule has 0 amide bonds. The largest absolute Gasteiger partial charge is 0.321 e. The molecule has 2 N–H and O–H groups in total. The normalized spacial score (nSPS) is 18.4. The lowest BCUT2D eigenvalue weighted by atomic mass is 9.89. The van der Waals surface area contributed by atoms with Gasteiger partial charge in [0.15, 0.2) is 5.78 Å². The summed E-state index contributed by atoms with van der Waals surface area (Å²) in [4.78, 5) is 23.7. The van der Waals surface area contributed by atoms with E-state index in [9.17, 15) is 9.59 Å². The van der Waals surface area contributed by atoms with Crippen LogP contribution in [0, 0.1) is 0 Å². The Hall–Kier alpha value is -1.65. The summed E-state index contributed by atoms with van der Waals surface area (Å²) in [6.45, 7) is 1.46. The summed E-state index contributed by atoms with van der Waals surface area (Å²) in [6.07, 6.45) is 2.18. The molecule has 1 heterocycles. The molecule has 0 saturated heterocycles. The second-order valence-electron chi connectivity index (χ2n) is 4.54. The van der Waals surface area contributed by atoms with Gasteiger partial charge in [-0.2, -0.15) is 0 Å². The van der Waals surface area contributed by atoms with Gasteiger partial charge in [0.25, 0.3) is 0 Å². The van der Waals surface area contributed by atoms with Gasteiger partial charge in [-0.05, 0) is 24.1 Å². The highest BCUT2D eigenvalue weighted by molar-refractivity contribution is 6.36. The number of carbonyl (C=O) groups is 2. The molecular weight excluding hydrogens is 252 g/mol. The molecule has 5 heteroatoms. The Balaban J connectivity index is 2.48. The number of benzene rings is 1. The molecule has 1 unspecified atom stereocenters. The summed E-state index contributed by atoms with van der Waals surface area (Å²) in [5.41, 5.74) is 7.89. The van der Waals surface area contributed by atoms with Crippen molar-refractivity contribution in [2.75, 3.05) is 0 Å². The van der Waals surface area contributed by atoms with E-state index in [0.717, 1.165) is 10.9 Å². The van der Waals surface area contributed by atoms with Gasteiger partial charge in [-0.3, -0.25) is 14.2 Å². The average molecular weight is 263 g/mol. The molecule has 18 heavy (non-hydrogen) atoms. The van der Waals surface area contributed by atoms with E-state index in [2.05, 4.69) is 0 Å². The van der Waals surface area contributed by atoms with E-state index < -0.39 is 6.04 Å². The van der Waals surface area contributed by atoms with Crippen LogP contribution in [0.2, 0.25) is 5.02 Å². The van der Waals surface area contributed by atoms with Crippen LogP contribution in [0.15, 0.2) is 18.3 Å². The summed E-state index contributed by atoms with van der Waals surface area (Å²) < 4.78 is 1.49. The summed E-state index contributed by atoms with van der Waals surface area (Å²) >= 11 is 6.14. The van der Waals surface area contributed by atoms with Crippen LogP contribution in [0.3, 0.4) is 0 Å². The number of nitrogens with zero attached hydrogens (tertiary/aromatic N) is 1. The molecule has 1 atom stereocenters. The van der Waals surface area contributed by atoms with Crippen molar-refractivity contribution in [3.8, 4) is 0 Å². The van der Waals surface area contributed by atoms with E-state index in [4.69, 9.17) is 17.3 Å². The Bertz CT molecular complexity index is 703. The van der Waals surface area contributed by atoms with Crippen molar-refractivity contribution in [2.24, 2.45) is 5.73 Å². The summed E-state index contributed by atoms with van der Waals surface area (Å²) in [5.74, 6) is -0.223. The van der Waals surface area contributed by atoms with E-state index in [1.165, 1.54) is 11.5 Å². The quantitative estimate of drug-likeness (QED) is 0.790. The molecule has 0 saturated carbocycles. The molecule has 1 aliphatic rings. The van der Waals surface area contributed by atoms with Crippen molar-refractivity contribution in [1.29, 1.82) is 0 Å². The van der Waals surface area contributed by atoms with Crippen molar-refractivity contribution in [3.05, 3.63) is 34.5 Å². The van der Waals surface area contributed by atoms with E-state index in [0.29, 0.717) is 22.5 Å². The number of hydrogen-bond donors (Lipinski definition) is 1. The summed E-state index contributed by atoms with van der Waals surface area (Å²) in [7, 11) is 0. The third-order valence-electron chi connectivity index (χ3n) is 3.36. The fourth-order valence-electron chi connectivity index (χ4n) is 2.55. The van der Waals surface area contributed by atoms with Crippen molar-refractivity contribution in [3.63, 3.8) is 0 Å². The number of nitrogens with two attached hydrogens (primary N) is 1. The molecule has 0 spiro atoms. The Morgan fingerprint density at radius 3 is 2.89 bits per heavy atom. The van der Waals surface area contributed by atoms with Crippen molar-refractivity contribution in [1.82, 2.24) is 4.57 Å². The second kappa shape index (κ2) is 3.67. The predicted molar refractivity (Wildman–Crippen MR) is 69.3 cm³/mol. The minimum absolute atomic E-state index is 0.0922. The average Bonchev–Trinajstić information content (AvgIpc) is 2.69. The molecular formula is C13H11ClN2O2. The smallest absolute Gasteiger partial charge is 0.228 e. The third kappa shape index (κ3) is 1.36. The van der Waals surface area contributed by atoms with Crippen LogP contribution in [0.25, 0.3) is 10.9 Å². The van der Waals surface area contributed by atoms with Gasteiger partial charge < -0.3 is 5.73 Å². The van der Waals surface area contributed by atoms with E-state index in [1.54, 1.807) is 18.3 Å². The first-order valence-electron chi connectivity index (χ1n) is 5.64. The molecule has 0 fully saturated rings. The zero-order valence-corrected chi connectivity index (χ0v) is 10.5. The SMILES string of the molecule is CC(=O)n1cc2c3c(ccc(Cl)c31)C(=O)C(N)C2. The fraction of sp³-hybridized carbons (Fsp3) is 0.231. The zero-order valence-electron chi connectivity index (χ0n) is 9.74. The molecule has 0 aliphatic heterocycles. The van der Waals surface area contributed by atoms with Crippen LogP contribution in [0.4, 0.5) is 0 Å². The molecule has 0 radical (unpaired) electrons. The van der Waals surface area contributed by atoms with Crippen LogP contribution in [0.1, 0.15) is 27.6 Å². The fourth-order valence-corrected chi connectivity index (χ4v) is 2.80. The number of carbonyl (C=O) groups excluding carboxylic acids is 2. The monoisotopic (exact) mass is 262 g/mol. The lowest BCUT2D eigenvalue weighted by molar-refractivity contribution is 0.0939. The third-order valence-corrected chi connectivity index (χ3v) is 3.66. The first kappa shape index (κ1) is 11.4. The standard InChI is InChI=1S/C13H11ClN2O2/c1-6(17)16-5-7-4-10(15)13(18)8-2-3-9(14)12(16)11(7)8/h2-3,5,10H,4,15H2,1H3. The number of rotatable bonds is 0. The maximum atomic E-state index is 12.0. The Kier molecular flexibility index (Phi) is 2.33. The van der Waals surface area contributed by atoms with Crippen molar-refractivity contribution >= 4 is 34.2 Å². The summed E-state index contributed by atoms with van der Waals surface area (Å²) in [6, 6.07) is 2.78. The van der Waals surface area contributed by atoms with Crippen LogP contribution < -0.4 is 5.73 Å². The first-order valence-corrected chi connectivity index (χ1v) is 6.01. The van der Waals surface area contributed by atoms with E-state index in [1.807, 2.05) is 0 Å². The number of hydrogen-bond acceptors (Lipinski definition) is 3. The van der Waals surface area contributed by atoms with Gasteiger partial charge in [-0.15, -0.1) is 0 Å². The zero-order chi connectivity index (χ0) is 13.0. The van der Waals surface area contributed by atoms with Gasteiger partial charge in [0.05, 0.1) is 16.6 Å². The van der Waals surface area contributed by atoms with E-state index >= 15 is 0 Å². The van der Waals surface area contributed by atoms with Gasteiger partial charge in [-0.1, -0.05) is 11.6 Å². The first-order chi connectivity index (χ1) is 8.50. The van der Waals surface area contributed by atoms with Gasteiger partial charge in [-0.25, -0.2) is 0 Å². The molecule has 3 rings (SSSR count). The topological polar surface area (TPSA) is 65.1 Å². The highest BCUT2D eigenvalue weighted by atomic mass is 35.5. The second-order valence-corrected chi connectivity index (χ2v) is 4.94. The molecule has 4 nitrogen and oxygen atoms in total. The Morgan fingerprint density at radius 2 is 2.22 bits per heavy atom. The highest BCUT2D eigenvalue weighted by Gasteiger charge is 2.29. The van der Waals surface area contributed by atoms with E-state index in [-0.39, 0.29) is 11.7 Å². The highest BCUT2D eigenvalue weighted by Crippen LogP contribution is 2.35. The van der Waals surface area contributed by atoms with Crippen molar-refractivity contribution < 1.29 is 9.59 Å². The van der Waals surface area contributed by atoms with Crippen LogP contribution in [-0.2, 0) is 6.42 Å².